The van der Waals surface area contributed by atoms with Gasteiger partial charge in [0.15, 0.2) is 11.5 Å². The number of piperidine rings is 1. The van der Waals surface area contributed by atoms with Crippen LogP contribution in [0.5, 0.6) is 11.5 Å². The van der Waals surface area contributed by atoms with Crippen LogP contribution in [0, 0.1) is 3.57 Å². The van der Waals surface area contributed by atoms with Gasteiger partial charge in [-0.1, -0.05) is 6.92 Å². The molecule has 2 rings (SSSR count). The molecule has 1 aliphatic rings. The quantitative estimate of drug-likeness (QED) is 0.704. The minimum absolute atomic E-state index is 0.0907. The summed E-state index contributed by atoms with van der Waals surface area (Å²) in [5.74, 6) is 1.46. The molecule has 0 radical (unpaired) electrons. The molecule has 4 nitrogen and oxygen atoms in total. The average molecular weight is 403 g/mol. The maximum Gasteiger partial charge on any atom is 0.254 e. The lowest BCUT2D eigenvalue weighted by atomic mass is 10.1. The summed E-state index contributed by atoms with van der Waals surface area (Å²) in [6.07, 6.45) is 4.34. The van der Waals surface area contributed by atoms with Crippen LogP contribution in [0.4, 0.5) is 0 Å². The topological polar surface area (TPSA) is 38.8 Å². The first-order valence-corrected chi connectivity index (χ1v) is 8.54. The number of benzene rings is 1. The average Bonchev–Trinajstić information content (AvgIpc) is 2.53. The summed E-state index contributed by atoms with van der Waals surface area (Å²) in [5.41, 5.74) is 0.682. The molecule has 0 atom stereocenters. The summed E-state index contributed by atoms with van der Waals surface area (Å²) in [5, 5.41) is 0. The Hall–Kier alpha value is -0.980. The highest BCUT2D eigenvalue weighted by Crippen LogP contribution is 2.34. The molecule has 0 spiro atoms. The number of nitrogens with zero attached hydrogens (tertiary/aromatic N) is 1. The highest BCUT2D eigenvalue weighted by Gasteiger charge is 2.21. The monoisotopic (exact) mass is 403 g/mol. The van der Waals surface area contributed by atoms with Crippen molar-refractivity contribution in [1.29, 1.82) is 0 Å². The summed E-state index contributed by atoms with van der Waals surface area (Å²) >= 11 is 2.20. The first-order valence-electron chi connectivity index (χ1n) is 7.47. The van der Waals surface area contributed by atoms with Gasteiger partial charge in [-0.05, 0) is 60.4 Å². The lowest BCUT2D eigenvalue weighted by Crippen LogP contribution is -2.35. The van der Waals surface area contributed by atoms with Gasteiger partial charge in [0.25, 0.3) is 5.91 Å². The van der Waals surface area contributed by atoms with Crippen molar-refractivity contribution in [3.8, 4) is 11.5 Å². The summed E-state index contributed by atoms with van der Waals surface area (Å²) < 4.78 is 12.0. The predicted molar refractivity (Wildman–Crippen MR) is 91.3 cm³/mol. The van der Waals surface area contributed by atoms with Crippen molar-refractivity contribution < 1.29 is 14.3 Å². The van der Waals surface area contributed by atoms with Crippen LogP contribution in [0.15, 0.2) is 12.1 Å². The molecule has 1 heterocycles. The van der Waals surface area contributed by atoms with Crippen molar-refractivity contribution in [2.24, 2.45) is 0 Å². The number of ether oxygens (including phenoxy) is 2. The number of hydrogen-bond acceptors (Lipinski definition) is 3. The van der Waals surface area contributed by atoms with Crippen molar-refractivity contribution >= 4 is 28.5 Å². The van der Waals surface area contributed by atoms with E-state index in [1.54, 1.807) is 13.2 Å². The fourth-order valence-corrected chi connectivity index (χ4v) is 3.22. The largest absolute Gasteiger partial charge is 0.493 e. The zero-order chi connectivity index (χ0) is 15.2. The van der Waals surface area contributed by atoms with Gasteiger partial charge >= 0.3 is 0 Å². The molecule has 1 fully saturated rings. The highest BCUT2D eigenvalue weighted by molar-refractivity contribution is 14.1. The van der Waals surface area contributed by atoms with Gasteiger partial charge in [0, 0.05) is 18.7 Å². The third kappa shape index (κ3) is 4.02. The number of carbonyl (C=O) groups excluding carboxylic acids is 1. The van der Waals surface area contributed by atoms with E-state index in [0.29, 0.717) is 17.9 Å². The summed E-state index contributed by atoms with van der Waals surface area (Å²) in [7, 11) is 1.61. The van der Waals surface area contributed by atoms with E-state index in [0.717, 1.165) is 41.7 Å². The van der Waals surface area contributed by atoms with Gasteiger partial charge in [-0.15, -0.1) is 0 Å². The zero-order valence-corrected chi connectivity index (χ0v) is 14.8. The fourth-order valence-electron chi connectivity index (χ4n) is 2.47. The van der Waals surface area contributed by atoms with E-state index in [4.69, 9.17) is 9.47 Å². The minimum atomic E-state index is 0.0907. The van der Waals surface area contributed by atoms with Crippen LogP contribution in [0.1, 0.15) is 43.0 Å². The Morgan fingerprint density at radius 3 is 2.62 bits per heavy atom. The van der Waals surface area contributed by atoms with Crippen molar-refractivity contribution in [2.75, 3.05) is 26.8 Å². The number of methoxy groups -OCH3 is 1. The maximum atomic E-state index is 12.6. The van der Waals surface area contributed by atoms with E-state index in [1.807, 2.05) is 11.0 Å². The predicted octanol–water partition coefficient (Wildman–Crippen LogP) is 3.71. The Labute approximate surface area is 139 Å². The molecule has 0 saturated carbocycles. The molecule has 1 saturated heterocycles. The van der Waals surface area contributed by atoms with Crippen molar-refractivity contribution in [1.82, 2.24) is 4.90 Å². The fraction of sp³-hybridized carbons (Fsp3) is 0.562. The smallest absolute Gasteiger partial charge is 0.254 e. The summed E-state index contributed by atoms with van der Waals surface area (Å²) in [4.78, 5) is 14.5. The molecule has 0 aliphatic carbocycles. The van der Waals surface area contributed by atoms with Crippen molar-refractivity contribution in [3.05, 3.63) is 21.3 Å². The molecule has 5 heteroatoms. The molecule has 116 valence electrons. The molecule has 1 aliphatic heterocycles. The normalized spacial score (nSPS) is 14.9. The number of carbonyl (C=O) groups is 1. The zero-order valence-electron chi connectivity index (χ0n) is 12.7. The van der Waals surface area contributed by atoms with Crippen LogP contribution in [0.3, 0.4) is 0 Å². The Kier molecular flexibility index (Phi) is 6.14. The number of amides is 1. The van der Waals surface area contributed by atoms with Crippen molar-refractivity contribution in [3.63, 3.8) is 0 Å². The SMILES string of the molecule is CCCOc1c(I)cc(C(=O)N2CCCCC2)cc1OC. The van der Waals surface area contributed by atoms with E-state index in [-0.39, 0.29) is 5.91 Å². The molecule has 1 aromatic rings. The third-order valence-electron chi connectivity index (χ3n) is 3.57. The summed E-state index contributed by atoms with van der Waals surface area (Å²) in [6.45, 7) is 4.41. The van der Waals surface area contributed by atoms with Gasteiger partial charge in [0.1, 0.15) is 0 Å². The molecular formula is C16H22INO3. The molecule has 0 bridgehead atoms. The molecule has 1 amide bonds. The first-order chi connectivity index (χ1) is 10.2. The molecule has 1 aromatic carbocycles. The van der Waals surface area contributed by atoms with Gasteiger partial charge in [-0.2, -0.15) is 0 Å². The van der Waals surface area contributed by atoms with Gasteiger partial charge in [0.05, 0.1) is 17.3 Å². The Morgan fingerprint density at radius 1 is 1.29 bits per heavy atom. The lowest BCUT2D eigenvalue weighted by Gasteiger charge is -2.27. The van der Waals surface area contributed by atoms with Gasteiger partial charge in [-0.25, -0.2) is 0 Å². The van der Waals surface area contributed by atoms with E-state index < -0.39 is 0 Å². The van der Waals surface area contributed by atoms with Crippen LogP contribution in [0.25, 0.3) is 0 Å². The number of halogens is 1. The van der Waals surface area contributed by atoms with E-state index >= 15 is 0 Å². The molecule has 0 N–H and O–H groups in total. The Morgan fingerprint density at radius 2 is 2.00 bits per heavy atom. The van der Waals surface area contributed by atoms with Gasteiger partial charge in [0.2, 0.25) is 0 Å². The van der Waals surface area contributed by atoms with Gasteiger partial charge in [-0.3, -0.25) is 4.79 Å². The third-order valence-corrected chi connectivity index (χ3v) is 4.37. The Bertz CT molecular complexity index is 499. The lowest BCUT2D eigenvalue weighted by molar-refractivity contribution is 0.0724. The minimum Gasteiger partial charge on any atom is -0.493 e. The number of rotatable bonds is 5. The Balaban J connectivity index is 2.24. The second kappa shape index (κ2) is 7.87. The van der Waals surface area contributed by atoms with Gasteiger partial charge < -0.3 is 14.4 Å². The second-order valence-corrected chi connectivity index (χ2v) is 6.35. The van der Waals surface area contributed by atoms with Crippen LogP contribution in [0.2, 0.25) is 0 Å². The van der Waals surface area contributed by atoms with Crippen LogP contribution in [-0.4, -0.2) is 37.6 Å². The highest BCUT2D eigenvalue weighted by atomic mass is 127. The first kappa shape index (κ1) is 16.4. The maximum absolute atomic E-state index is 12.6. The van der Waals surface area contributed by atoms with Crippen LogP contribution in [-0.2, 0) is 0 Å². The van der Waals surface area contributed by atoms with E-state index in [9.17, 15) is 4.79 Å². The molecule has 21 heavy (non-hydrogen) atoms. The molecule has 0 aromatic heterocycles. The standard InChI is InChI=1S/C16H22INO3/c1-3-9-21-15-13(17)10-12(11-14(15)20-2)16(19)18-7-5-4-6-8-18/h10-11H,3-9H2,1-2H3. The second-order valence-electron chi connectivity index (χ2n) is 5.19. The number of likely N-dealkylation sites (tertiary alicyclic amines) is 1. The van der Waals surface area contributed by atoms with Crippen molar-refractivity contribution in [2.45, 2.75) is 32.6 Å². The molecular weight excluding hydrogens is 381 g/mol. The van der Waals surface area contributed by atoms with E-state index in [2.05, 4.69) is 29.5 Å². The molecule has 0 unspecified atom stereocenters. The van der Waals surface area contributed by atoms with Crippen LogP contribution < -0.4 is 9.47 Å². The van der Waals surface area contributed by atoms with E-state index in [1.165, 1.54) is 6.42 Å². The number of hydrogen-bond donors (Lipinski definition) is 0. The summed E-state index contributed by atoms with van der Waals surface area (Å²) in [6, 6.07) is 3.69. The van der Waals surface area contributed by atoms with Crippen LogP contribution >= 0.6 is 22.6 Å².